The zero-order valence-corrected chi connectivity index (χ0v) is 14.2. The van der Waals surface area contributed by atoms with Crippen LogP contribution in [0.15, 0.2) is 67.0 Å². The SMILES string of the molecule is N#Cc1ccc(NC(=O)CSCc2ccc(-n3cccn3)cc2)cc1. The highest BCUT2D eigenvalue weighted by Gasteiger charge is 2.04. The maximum absolute atomic E-state index is 12.0. The molecule has 0 unspecified atom stereocenters. The summed E-state index contributed by atoms with van der Waals surface area (Å²) in [5, 5.41) is 15.8. The number of benzene rings is 2. The Morgan fingerprint density at radius 1 is 1.16 bits per heavy atom. The van der Waals surface area contributed by atoms with Gasteiger partial charge in [0.15, 0.2) is 0 Å². The van der Waals surface area contributed by atoms with Crippen molar-refractivity contribution in [1.29, 1.82) is 5.26 Å². The molecule has 0 aliphatic carbocycles. The van der Waals surface area contributed by atoms with E-state index in [9.17, 15) is 4.79 Å². The first-order valence-corrected chi connectivity index (χ1v) is 8.87. The third-order valence-corrected chi connectivity index (χ3v) is 4.51. The first kappa shape index (κ1) is 16.8. The lowest BCUT2D eigenvalue weighted by molar-refractivity contribution is -0.113. The van der Waals surface area contributed by atoms with Gasteiger partial charge in [0, 0.05) is 23.8 Å². The van der Waals surface area contributed by atoms with Crippen molar-refractivity contribution in [2.45, 2.75) is 5.75 Å². The maximum atomic E-state index is 12.0. The number of amides is 1. The predicted octanol–water partition coefficient (Wildman–Crippen LogP) is 3.62. The third-order valence-electron chi connectivity index (χ3n) is 3.50. The highest BCUT2D eigenvalue weighted by Crippen LogP contribution is 2.16. The number of aromatic nitrogens is 2. The number of hydrogen-bond donors (Lipinski definition) is 1. The molecule has 5 nitrogen and oxygen atoms in total. The van der Waals surface area contributed by atoms with Gasteiger partial charge in [0.1, 0.15) is 0 Å². The fraction of sp³-hybridized carbons (Fsp3) is 0.105. The highest BCUT2D eigenvalue weighted by molar-refractivity contribution is 7.99. The van der Waals surface area contributed by atoms with E-state index in [2.05, 4.69) is 16.5 Å². The van der Waals surface area contributed by atoms with Crippen LogP contribution in [-0.4, -0.2) is 21.4 Å². The van der Waals surface area contributed by atoms with Crippen molar-refractivity contribution in [2.75, 3.05) is 11.1 Å². The summed E-state index contributed by atoms with van der Waals surface area (Å²) in [5.74, 6) is 1.09. The molecule has 1 heterocycles. The van der Waals surface area contributed by atoms with Crippen LogP contribution in [0.1, 0.15) is 11.1 Å². The molecule has 2 aromatic carbocycles. The van der Waals surface area contributed by atoms with Gasteiger partial charge in [-0.15, -0.1) is 11.8 Å². The van der Waals surface area contributed by atoms with Gasteiger partial charge in [-0.2, -0.15) is 10.4 Å². The molecule has 0 aliphatic heterocycles. The molecule has 6 heteroatoms. The number of nitrogens with one attached hydrogen (secondary N) is 1. The standard InChI is InChI=1S/C19H16N4OS/c20-12-15-2-6-17(7-3-15)22-19(24)14-25-13-16-4-8-18(9-5-16)23-11-1-10-21-23/h1-11H,13-14H2,(H,22,24). The van der Waals surface area contributed by atoms with Crippen LogP contribution < -0.4 is 5.32 Å². The number of carbonyl (C=O) groups excluding carboxylic acids is 1. The first-order chi connectivity index (χ1) is 12.2. The molecule has 25 heavy (non-hydrogen) atoms. The van der Waals surface area contributed by atoms with E-state index >= 15 is 0 Å². The Labute approximate surface area is 150 Å². The summed E-state index contributed by atoms with van der Waals surface area (Å²) in [6.45, 7) is 0. The molecule has 1 aromatic heterocycles. The van der Waals surface area contributed by atoms with E-state index in [1.54, 1.807) is 42.2 Å². The van der Waals surface area contributed by atoms with Crippen LogP contribution in [0.25, 0.3) is 5.69 Å². The van der Waals surface area contributed by atoms with Crippen molar-refractivity contribution in [1.82, 2.24) is 9.78 Å². The molecule has 0 bridgehead atoms. The number of hydrogen-bond acceptors (Lipinski definition) is 4. The average molecular weight is 348 g/mol. The summed E-state index contributed by atoms with van der Waals surface area (Å²) >= 11 is 1.56. The van der Waals surface area contributed by atoms with Gasteiger partial charge in [-0.05, 0) is 48.0 Å². The molecular weight excluding hydrogens is 332 g/mol. The average Bonchev–Trinajstić information content (AvgIpc) is 3.18. The van der Waals surface area contributed by atoms with Gasteiger partial charge in [-0.1, -0.05) is 12.1 Å². The third kappa shape index (κ3) is 4.72. The number of nitrogens with zero attached hydrogens (tertiary/aromatic N) is 3. The normalized spacial score (nSPS) is 10.2. The zero-order valence-electron chi connectivity index (χ0n) is 13.4. The van der Waals surface area contributed by atoms with Crippen LogP contribution in [0.5, 0.6) is 0 Å². The fourth-order valence-corrected chi connectivity index (χ4v) is 3.04. The van der Waals surface area contributed by atoms with E-state index in [0.29, 0.717) is 17.0 Å². The van der Waals surface area contributed by atoms with Crippen molar-refractivity contribution in [3.8, 4) is 11.8 Å². The minimum absolute atomic E-state index is 0.0529. The van der Waals surface area contributed by atoms with Gasteiger partial charge >= 0.3 is 0 Å². The lowest BCUT2D eigenvalue weighted by atomic mass is 10.2. The van der Waals surface area contributed by atoms with Crippen LogP contribution in [-0.2, 0) is 10.5 Å². The van der Waals surface area contributed by atoms with Crippen LogP contribution in [0.4, 0.5) is 5.69 Å². The van der Waals surface area contributed by atoms with E-state index in [0.717, 1.165) is 17.0 Å². The summed E-state index contributed by atoms with van der Waals surface area (Å²) in [6.07, 6.45) is 3.65. The molecule has 0 radical (unpaired) electrons. The molecule has 0 fully saturated rings. The number of nitriles is 1. The van der Waals surface area contributed by atoms with Crippen LogP contribution in [0.3, 0.4) is 0 Å². The summed E-state index contributed by atoms with van der Waals surface area (Å²) < 4.78 is 1.81. The summed E-state index contributed by atoms with van der Waals surface area (Å²) in [7, 11) is 0. The molecule has 0 aliphatic rings. The van der Waals surface area contributed by atoms with E-state index < -0.39 is 0 Å². The van der Waals surface area contributed by atoms with Gasteiger partial charge in [0.2, 0.25) is 5.91 Å². The van der Waals surface area contributed by atoms with Gasteiger partial charge in [-0.3, -0.25) is 4.79 Å². The molecular formula is C19H16N4OS. The Bertz CT molecular complexity index is 865. The second kappa shape index (κ2) is 8.18. The Morgan fingerprint density at radius 3 is 2.56 bits per heavy atom. The molecule has 0 atom stereocenters. The maximum Gasteiger partial charge on any atom is 0.234 e. The van der Waals surface area contributed by atoms with Gasteiger partial charge < -0.3 is 5.32 Å². The minimum atomic E-state index is -0.0529. The van der Waals surface area contributed by atoms with E-state index in [4.69, 9.17) is 5.26 Å². The molecule has 0 saturated heterocycles. The lowest BCUT2D eigenvalue weighted by Gasteiger charge is -2.06. The lowest BCUT2D eigenvalue weighted by Crippen LogP contribution is -2.14. The van der Waals surface area contributed by atoms with Crippen molar-refractivity contribution >= 4 is 23.4 Å². The molecule has 124 valence electrons. The Hall–Kier alpha value is -3.04. The topological polar surface area (TPSA) is 70.7 Å². The van der Waals surface area contributed by atoms with E-state index in [1.807, 2.05) is 41.2 Å². The largest absolute Gasteiger partial charge is 0.325 e. The van der Waals surface area contributed by atoms with Crippen LogP contribution in [0, 0.1) is 11.3 Å². The zero-order chi connectivity index (χ0) is 17.5. The van der Waals surface area contributed by atoms with Crippen molar-refractivity contribution in [3.63, 3.8) is 0 Å². The summed E-state index contributed by atoms with van der Waals surface area (Å²) in [6, 6.07) is 18.9. The highest BCUT2D eigenvalue weighted by atomic mass is 32.2. The first-order valence-electron chi connectivity index (χ1n) is 7.71. The number of thioether (sulfide) groups is 1. The van der Waals surface area contributed by atoms with E-state index in [1.165, 1.54) is 0 Å². The number of anilines is 1. The van der Waals surface area contributed by atoms with Gasteiger partial charge in [0.05, 0.1) is 23.1 Å². The van der Waals surface area contributed by atoms with Crippen LogP contribution >= 0.6 is 11.8 Å². The molecule has 3 rings (SSSR count). The Balaban J connectivity index is 1.45. The van der Waals surface area contributed by atoms with Gasteiger partial charge in [0.25, 0.3) is 0 Å². The minimum Gasteiger partial charge on any atom is -0.325 e. The predicted molar refractivity (Wildman–Crippen MR) is 99.5 cm³/mol. The van der Waals surface area contributed by atoms with Crippen LogP contribution in [0.2, 0.25) is 0 Å². The summed E-state index contributed by atoms with van der Waals surface area (Å²) in [5.41, 5.74) is 3.45. The number of carbonyl (C=O) groups is 1. The molecule has 0 saturated carbocycles. The van der Waals surface area contributed by atoms with E-state index in [-0.39, 0.29) is 5.91 Å². The van der Waals surface area contributed by atoms with Crippen molar-refractivity contribution in [2.24, 2.45) is 0 Å². The monoisotopic (exact) mass is 348 g/mol. The Kier molecular flexibility index (Phi) is 5.50. The molecule has 0 spiro atoms. The smallest absolute Gasteiger partial charge is 0.234 e. The van der Waals surface area contributed by atoms with Gasteiger partial charge in [-0.25, -0.2) is 4.68 Å². The quantitative estimate of drug-likeness (QED) is 0.739. The molecule has 1 N–H and O–H groups in total. The molecule has 3 aromatic rings. The Morgan fingerprint density at radius 2 is 1.92 bits per heavy atom. The second-order valence-electron chi connectivity index (χ2n) is 5.35. The summed E-state index contributed by atoms with van der Waals surface area (Å²) in [4.78, 5) is 12.0. The van der Waals surface area contributed by atoms with Crippen molar-refractivity contribution < 1.29 is 4.79 Å². The fourth-order valence-electron chi connectivity index (χ4n) is 2.25. The second-order valence-corrected chi connectivity index (χ2v) is 6.33. The molecule has 1 amide bonds. The number of rotatable bonds is 6. The van der Waals surface area contributed by atoms with Crippen molar-refractivity contribution in [3.05, 3.63) is 78.1 Å².